The van der Waals surface area contributed by atoms with E-state index in [0.29, 0.717) is 5.92 Å². The normalized spacial score (nSPS) is 16.8. The molecule has 0 bridgehead atoms. The van der Waals surface area contributed by atoms with E-state index in [1.165, 1.54) is 18.4 Å². The van der Waals surface area contributed by atoms with Crippen LogP contribution in [0.2, 0.25) is 0 Å². The van der Waals surface area contributed by atoms with Crippen molar-refractivity contribution in [2.75, 3.05) is 0 Å². The van der Waals surface area contributed by atoms with Gasteiger partial charge in [0.2, 0.25) is 0 Å². The van der Waals surface area contributed by atoms with Crippen LogP contribution in [0.1, 0.15) is 47.5 Å². The van der Waals surface area contributed by atoms with Crippen LogP contribution in [0.5, 0.6) is 0 Å². The fraction of sp³-hybridized carbons (Fsp3) is 0.625. The highest BCUT2D eigenvalue weighted by atomic mass is 14.1. The summed E-state index contributed by atoms with van der Waals surface area (Å²) in [4.78, 5) is 0. The van der Waals surface area contributed by atoms with E-state index < -0.39 is 0 Å². The smallest absolute Gasteiger partial charge is 0.0259 e. The van der Waals surface area contributed by atoms with Gasteiger partial charge < -0.3 is 0 Å². The van der Waals surface area contributed by atoms with Crippen molar-refractivity contribution in [1.29, 1.82) is 0 Å². The molecule has 0 fully saturated rings. The van der Waals surface area contributed by atoms with E-state index in [4.69, 9.17) is 0 Å². The van der Waals surface area contributed by atoms with Crippen molar-refractivity contribution in [3.63, 3.8) is 0 Å². The molecule has 0 aliphatic rings. The van der Waals surface area contributed by atoms with Crippen molar-refractivity contribution in [2.45, 2.75) is 47.5 Å². The van der Waals surface area contributed by atoms with Crippen LogP contribution in [0.3, 0.4) is 0 Å². The predicted octanol–water partition coefficient (Wildman–Crippen LogP) is 5.38. The van der Waals surface area contributed by atoms with Crippen molar-refractivity contribution in [3.8, 4) is 0 Å². The first kappa shape index (κ1) is 15.2. The summed E-state index contributed by atoms with van der Waals surface area (Å²) in [6.07, 6.45) is 11.1. The largest absolute Gasteiger partial charge is 0.0988 e. The van der Waals surface area contributed by atoms with Gasteiger partial charge in [0.15, 0.2) is 0 Å². The van der Waals surface area contributed by atoms with E-state index >= 15 is 0 Å². The molecule has 0 aromatic heterocycles. The average molecular weight is 220 g/mol. The number of allylic oxidation sites excluding steroid dienone is 5. The minimum atomic E-state index is 0.676. The van der Waals surface area contributed by atoms with Crippen LogP contribution in [-0.4, -0.2) is 0 Å². The quantitative estimate of drug-likeness (QED) is 0.505. The summed E-state index contributed by atoms with van der Waals surface area (Å²) in [6.45, 7) is 15.1. The summed E-state index contributed by atoms with van der Waals surface area (Å²) < 4.78 is 0. The van der Waals surface area contributed by atoms with E-state index in [1.54, 1.807) is 0 Å². The second kappa shape index (κ2) is 8.38. The van der Waals surface area contributed by atoms with Crippen molar-refractivity contribution >= 4 is 0 Å². The minimum Gasteiger partial charge on any atom is -0.0988 e. The van der Waals surface area contributed by atoms with Gasteiger partial charge in [0.1, 0.15) is 0 Å². The van der Waals surface area contributed by atoms with Gasteiger partial charge in [-0.2, -0.15) is 0 Å². The molecule has 0 aliphatic carbocycles. The zero-order chi connectivity index (χ0) is 12.6. The minimum absolute atomic E-state index is 0.676. The molecule has 0 rings (SSSR count). The summed E-state index contributed by atoms with van der Waals surface area (Å²) >= 11 is 0. The Bertz CT molecular complexity index is 243. The Morgan fingerprint density at radius 1 is 1.12 bits per heavy atom. The molecule has 0 saturated carbocycles. The van der Waals surface area contributed by atoms with E-state index in [2.05, 4.69) is 59.4 Å². The summed E-state index contributed by atoms with van der Waals surface area (Å²) in [5, 5.41) is 0. The predicted molar refractivity (Wildman–Crippen MR) is 75.5 cm³/mol. The Morgan fingerprint density at radius 3 is 2.25 bits per heavy atom. The molecule has 0 saturated heterocycles. The second-order valence-corrected chi connectivity index (χ2v) is 5.28. The SMILES string of the molecule is C=CC(C)=CC=CC(C)CCC(C)C(C)C. The molecule has 0 heterocycles. The molecule has 0 heteroatoms. The van der Waals surface area contributed by atoms with Crippen molar-refractivity contribution < 1.29 is 0 Å². The Balaban J connectivity index is 3.91. The molecule has 2 atom stereocenters. The van der Waals surface area contributed by atoms with Gasteiger partial charge in [0, 0.05) is 0 Å². The Hall–Kier alpha value is -0.780. The third kappa shape index (κ3) is 7.50. The maximum absolute atomic E-state index is 3.74. The average Bonchev–Trinajstić information content (AvgIpc) is 2.25. The van der Waals surface area contributed by atoms with Crippen LogP contribution in [0, 0.1) is 17.8 Å². The third-order valence-corrected chi connectivity index (χ3v) is 3.34. The summed E-state index contributed by atoms with van der Waals surface area (Å²) in [7, 11) is 0. The number of rotatable bonds is 7. The van der Waals surface area contributed by atoms with Gasteiger partial charge in [-0.05, 0) is 37.5 Å². The molecule has 0 radical (unpaired) electrons. The molecule has 0 spiro atoms. The van der Waals surface area contributed by atoms with Crippen LogP contribution in [0.25, 0.3) is 0 Å². The molecule has 0 aliphatic heterocycles. The van der Waals surface area contributed by atoms with Gasteiger partial charge in [-0.15, -0.1) is 0 Å². The van der Waals surface area contributed by atoms with E-state index in [1.807, 2.05) is 6.08 Å². The van der Waals surface area contributed by atoms with Gasteiger partial charge in [-0.25, -0.2) is 0 Å². The van der Waals surface area contributed by atoms with Crippen molar-refractivity contribution in [3.05, 3.63) is 36.5 Å². The monoisotopic (exact) mass is 220 g/mol. The summed E-state index contributed by atoms with van der Waals surface area (Å²) in [6, 6.07) is 0. The summed E-state index contributed by atoms with van der Waals surface area (Å²) in [5.41, 5.74) is 1.22. The molecular weight excluding hydrogens is 192 g/mol. The van der Waals surface area contributed by atoms with Gasteiger partial charge in [0.05, 0.1) is 0 Å². The second-order valence-electron chi connectivity index (χ2n) is 5.28. The molecule has 0 amide bonds. The first-order chi connectivity index (χ1) is 7.47. The van der Waals surface area contributed by atoms with Crippen LogP contribution in [0.4, 0.5) is 0 Å². The van der Waals surface area contributed by atoms with E-state index in [9.17, 15) is 0 Å². The molecule has 0 N–H and O–H groups in total. The first-order valence-electron chi connectivity index (χ1n) is 6.44. The summed E-state index contributed by atoms with van der Waals surface area (Å²) in [5.74, 6) is 2.32. The lowest BCUT2D eigenvalue weighted by molar-refractivity contribution is 0.366. The van der Waals surface area contributed by atoms with Gasteiger partial charge >= 0.3 is 0 Å². The maximum Gasteiger partial charge on any atom is -0.0259 e. The molecule has 2 unspecified atom stereocenters. The highest BCUT2D eigenvalue weighted by Gasteiger charge is 2.07. The van der Waals surface area contributed by atoms with Crippen LogP contribution in [0.15, 0.2) is 36.5 Å². The fourth-order valence-corrected chi connectivity index (χ4v) is 1.42. The molecule has 0 aromatic rings. The molecule has 0 aromatic carbocycles. The molecule has 92 valence electrons. The highest BCUT2D eigenvalue weighted by molar-refractivity contribution is 5.19. The van der Waals surface area contributed by atoms with E-state index in [-0.39, 0.29) is 0 Å². The van der Waals surface area contributed by atoms with Gasteiger partial charge in [-0.3, -0.25) is 0 Å². The third-order valence-electron chi connectivity index (χ3n) is 3.34. The Labute approximate surface area is 102 Å². The highest BCUT2D eigenvalue weighted by Crippen LogP contribution is 2.19. The number of hydrogen-bond acceptors (Lipinski definition) is 0. The van der Waals surface area contributed by atoms with Crippen LogP contribution >= 0.6 is 0 Å². The lowest BCUT2D eigenvalue weighted by Crippen LogP contribution is -2.05. The number of hydrogen-bond donors (Lipinski definition) is 0. The van der Waals surface area contributed by atoms with Gasteiger partial charge in [-0.1, -0.05) is 64.2 Å². The zero-order valence-corrected chi connectivity index (χ0v) is 11.7. The first-order valence-corrected chi connectivity index (χ1v) is 6.44. The molecular formula is C16H28. The lowest BCUT2D eigenvalue weighted by Gasteiger charge is -2.16. The molecule has 16 heavy (non-hydrogen) atoms. The Kier molecular flexibility index (Phi) is 7.97. The Morgan fingerprint density at radius 2 is 1.75 bits per heavy atom. The van der Waals surface area contributed by atoms with Crippen LogP contribution in [-0.2, 0) is 0 Å². The zero-order valence-electron chi connectivity index (χ0n) is 11.7. The van der Waals surface area contributed by atoms with Crippen molar-refractivity contribution in [2.24, 2.45) is 17.8 Å². The fourth-order valence-electron chi connectivity index (χ4n) is 1.42. The van der Waals surface area contributed by atoms with E-state index in [0.717, 1.165) is 11.8 Å². The van der Waals surface area contributed by atoms with Crippen molar-refractivity contribution in [1.82, 2.24) is 0 Å². The lowest BCUT2D eigenvalue weighted by atomic mass is 9.90. The topological polar surface area (TPSA) is 0 Å². The standard InChI is InChI=1S/C16H28/c1-7-14(4)9-8-10-15(5)11-12-16(6)13(2)3/h7-10,13,15-16H,1,11-12H2,2-6H3. The van der Waals surface area contributed by atoms with Gasteiger partial charge in [0.25, 0.3) is 0 Å². The maximum atomic E-state index is 3.74. The molecule has 0 nitrogen and oxygen atoms in total. The van der Waals surface area contributed by atoms with Crippen LogP contribution < -0.4 is 0 Å².